The lowest BCUT2D eigenvalue weighted by Gasteiger charge is -2.07. The van der Waals surface area contributed by atoms with E-state index in [1.807, 2.05) is 5.40 Å². The third-order valence-electron chi connectivity index (χ3n) is 3.14. The average molecular weight is 369 g/mol. The molecule has 0 aromatic heterocycles. The lowest BCUT2D eigenvalue weighted by atomic mass is 10.2. The van der Waals surface area contributed by atoms with Gasteiger partial charge in [-0.25, -0.2) is 4.79 Å². The molecule has 0 atom stereocenters. The lowest BCUT2D eigenvalue weighted by molar-refractivity contribution is -0.132. The Labute approximate surface area is 154 Å². The summed E-state index contributed by atoms with van der Waals surface area (Å²) in [5.41, 5.74) is 1.16. The molecule has 0 unspecified atom stereocenters. The number of nitrogens with zero attached hydrogens (tertiary/aromatic N) is 1. The lowest BCUT2D eigenvalue weighted by Crippen LogP contribution is -2.29. The van der Waals surface area contributed by atoms with Crippen LogP contribution >= 0.6 is 11.8 Å². The SMILES string of the molecule is CCOC(=O)c1ccc(NC(=O)C(=O)Nc2ccc(SC#N)cc2)cc1. The van der Waals surface area contributed by atoms with Crippen molar-refractivity contribution in [3.63, 3.8) is 0 Å². The minimum atomic E-state index is -0.843. The van der Waals surface area contributed by atoms with Gasteiger partial charge in [0, 0.05) is 16.3 Å². The van der Waals surface area contributed by atoms with Crippen LogP contribution in [0.1, 0.15) is 17.3 Å². The van der Waals surface area contributed by atoms with E-state index in [2.05, 4.69) is 10.6 Å². The number of ether oxygens (including phenoxy) is 1. The number of rotatable bonds is 5. The van der Waals surface area contributed by atoms with Crippen LogP contribution in [0.2, 0.25) is 0 Å². The number of esters is 1. The maximum absolute atomic E-state index is 11.9. The standard InChI is InChI=1S/C18H15N3O4S/c1-2-25-18(24)12-3-5-13(6-4-12)20-16(22)17(23)21-14-7-9-15(10-8-14)26-11-19/h3-10H,2H2,1H3,(H,20,22)(H,21,23). The minimum Gasteiger partial charge on any atom is -0.462 e. The molecule has 2 amide bonds. The fourth-order valence-corrected chi connectivity index (χ4v) is 2.32. The smallest absolute Gasteiger partial charge is 0.338 e. The fourth-order valence-electron chi connectivity index (χ4n) is 1.94. The molecule has 26 heavy (non-hydrogen) atoms. The number of nitriles is 1. The Morgan fingerprint density at radius 3 is 1.92 bits per heavy atom. The number of thioether (sulfide) groups is 1. The first-order chi connectivity index (χ1) is 12.5. The Bertz CT molecular complexity index is 842. The molecule has 0 fully saturated rings. The van der Waals surface area contributed by atoms with Gasteiger partial charge in [-0.15, -0.1) is 0 Å². The molecular formula is C18H15N3O4S. The van der Waals surface area contributed by atoms with Gasteiger partial charge in [-0.1, -0.05) is 0 Å². The normalized spacial score (nSPS) is 9.69. The van der Waals surface area contributed by atoms with Gasteiger partial charge >= 0.3 is 17.8 Å². The highest BCUT2D eigenvalue weighted by molar-refractivity contribution is 8.03. The van der Waals surface area contributed by atoms with Crippen molar-refractivity contribution in [1.29, 1.82) is 5.26 Å². The number of carbonyl (C=O) groups is 3. The summed E-state index contributed by atoms with van der Waals surface area (Å²) in [5.74, 6) is -2.13. The van der Waals surface area contributed by atoms with Gasteiger partial charge < -0.3 is 15.4 Å². The van der Waals surface area contributed by atoms with Crippen LogP contribution in [0.5, 0.6) is 0 Å². The molecule has 132 valence electrons. The molecule has 0 spiro atoms. The number of carbonyl (C=O) groups excluding carboxylic acids is 3. The van der Waals surface area contributed by atoms with Crippen LogP contribution < -0.4 is 10.6 Å². The number of amides is 2. The number of hydrogen-bond acceptors (Lipinski definition) is 6. The Hall–Kier alpha value is -3.31. The fraction of sp³-hybridized carbons (Fsp3) is 0.111. The summed E-state index contributed by atoms with van der Waals surface area (Å²) < 4.78 is 4.87. The molecule has 2 aromatic carbocycles. The van der Waals surface area contributed by atoms with Crippen molar-refractivity contribution in [2.75, 3.05) is 17.2 Å². The highest BCUT2D eigenvalue weighted by atomic mass is 32.2. The molecule has 2 aromatic rings. The molecule has 0 saturated heterocycles. The van der Waals surface area contributed by atoms with Crippen LogP contribution in [0.25, 0.3) is 0 Å². The maximum Gasteiger partial charge on any atom is 0.338 e. The van der Waals surface area contributed by atoms with Gasteiger partial charge in [0.15, 0.2) is 0 Å². The number of thiocyanates is 1. The second kappa shape index (κ2) is 9.25. The Morgan fingerprint density at radius 2 is 1.46 bits per heavy atom. The molecule has 0 saturated carbocycles. The van der Waals surface area contributed by atoms with Crippen molar-refractivity contribution >= 4 is 40.9 Å². The summed E-state index contributed by atoms with van der Waals surface area (Å²) in [6, 6.07) is 12.5. The van der Waals surface area contributed by atoms with E-state index in [-0.39, 0.29) is 6.61 Å². The van der Waals surface area contributed by atoms with Crippen LogP contribution in [0, 0.1) is 10.7 Å². The maximum atomic E-state index is 11.9. The molecule has 2 rings (SSSR count). The Balaban J connectivity index is 1.93. The second-order valence-corrected chi connectivity index (χ2v) is 5.78. The third kappa shape index (κ3) is 5.36. The van der Waals surface area contributed by atoms with Crippen molar-refractivity contribution in [3.8, 4) is 5.40 Å². The predicted octanol–water partition coefficient (Wildman–Crippen LogP) is 3.01. The number of nitrogens with one attached hydrogen (secondary N) is 2. The van der Waals surface area contributed by atoms with Crippen molar-refractivity contribution in [3.05, 3.63) is 54.1 Å². The summed E-state index contributed by atoms with van der Waals surface area (Å²) in [7, 11) is 0. The molecule has 0 aliphatic carbocycles. The Morgan fingerprint density at radius 1 is 0.962 bits per heavy atom. The largest absolute Gasteiger partial charge is 0.462 e. The van der Waals surface area contributed by atoms with Crippen molar-refractivity contribution in [1.82, 2.24) is 0 Å². The predicted molar refractivity (Wildman–Crippen MR) is 97.6 cm³/mol. The third-order valence-corrected chi connectivity index (χ3v) is 3.73. The molecule has 7 nitrogen and oxygen atoms in total. The van der Waals surface area contributed by atoms with Gasteiger partial charge in [-0.2, -0.15) is 5.26 Å². The van der Waals surface area contributed by atoms with E-state index in [1.54, 1.807) is 31.2 Å². The first-order valence-corrected chi connectivity index (χ1v) is 8.40. The first-order valence-electron chi connectivity index (χ1n) is 7.59. The van der Waals surface area contributed by atoms with Crippen LogP contribution in [0.3, 0.4) is 0 Å². The molecule has 0 bridgehead atoms. The van der Waals surface area contributed by atoms with E-state index in [0.29, 0.717) is 16.9 Å². The quantitative estimate of drug-likeness (QED) is 0.363. The minimum absolute atomic E-state index is 0.271. The zero-order valence-corrected chi connectivity index (χ0v) is 14.6. The van der Waals surface area contributed by atoms with Crippen LogP contribution in [0.15, 0.2) is 53.4 Å². The second-order valence-electron chi connectivity index (χ2n) is 4.92. The van der Waals surface area contributed by atoms with Crippen molar-refractivity contribution in [2.45, 2.75) is 11.8 Å². The molecule has 2 N–H and O–H groups in total. The van der Waals surface area contributed by atoms with Gasteiger partial charge in [0.25, 0.3) is 0 Å². The van der Waals surface area contributed by atoms with Crippen molar-refractivity contribution in [2.24, 2.45) is 0 Å². The van der Waals surface area contributed by atoms with Gasteiger partial charge in [-0.3, -0.25) is 9.59 Å². The zero-order valence-electron chi connectivity index (χ0n) is 13.8. The van der Waals surface area contributed by atoms with E-state index in [1.165, 1.54) is 24.3 Å². The number of anilines is 2. The zero-order chi connectivity index (χ0) is 18.9. The topological polar surface area (TPSA) is 108 Å². The molecular weight excluding hydrogens is 354 g/mol. The van der Waals surface area contributed by atoms with E-state index in [0.717, 1.165) is 16.7 Å². The van der Waals surface area contributed by atoms with Crippen LogP contribution in [0.4, 0.5) is 11.4 Å². The van der Waals surface area contributed by atoms with E-state index in [4.69, 9.17) is 10.00 Å². The summed E-state index contributed by atoms with van der Waals surface area (Å²) in [6.45, 7) is 1.98. The molecule has 0 radical (unpaired) electrons. The van der Waals surface area contributed by atoms with Crippen LogP contribution in [-0.4, -0.2) is 24.4 Å². The highest BCUT2D eigenvalue weighted by Gasteiger charge is 2.14. The van der Waals surface area contributed by atoms with Gasteiger partial charge in [-0.05, 0) is 67.2 Å². The summed E-state index contributed by atoms with van der Waals surface area (Å²) in [5, 5.41) is 15.4. The molecule has 0 aliphatic rings. The summed E-state index contributed by atoms with van der Waals surface area (Å²) >= 11 is 0.998. The monoisotopic (exact) mass is 369 g/mol. The van der Waals surface area contributed by atoms with E-state index >= 15 is 0 Å². The average Bonchev–Trinajstić information content (AvgIpc) is 2.64. The summed E-state index contributed by atoms with van der Waals surface area (Å²) in [6.07, 6.45) is 0. The van der Waals surface area contributed by atoms with Crippen molar-refractivity contribution < 1.29 is 19.1 Å². The van der Waals surface area contributed by atoms with Gasteiger partial charge in [0.2, 0.25) is 0 Å². The van der Waals surface area contributed by atoms with Gasteiger partial charge in [0.05, 0.1) is 12.2 Å². The molecule has 0 heterocycles. The number of hydrogen-bond donors (Lipinski definition) is 2. The Kier molecular flexibility index (Phi) is 6.76. The summed E-state index contributed by atoms with van der Waals surface area (Å²) in [4.78, 5) is 36.2. The molecule has 0 aliphatic heterocycles. The van der Waals surface area contributed by atoms with E-state index in [9.17, 15) is 14.4 Å². The van der Waals surface area contributed by atoms with Crippen LogP contribution in [-0.2, 0) is 14.3 Å². The highest BCUT2D eigenvalue weighted by Crippen LogP contribution is 2.19. The first kappa shape index (κ1) is 19.0. The number of benzene rings is 2. The molecule has 8 heteroatoms. The van der Waals surface area contributed by atoms with Gasteiger partial charge in [0.1, 0.15) is 5.40 Å². The van der Waals surface area contributed by atoms with E-state index < -0.39 is 17.8 Å².